The zero-order valence-electron chi connectivity index (χ0n) is 6.14. The van der Waals surface area contributed by atoms with Gasteiger partial charge in [-0.25, -0.2) is 0 Å². The van der Waals surface area contributed by atoms with Crippen LogP contribution >= 0.6 is 0 Å². The third-order valence-electron chi connectivity index (χ3n) is 1.52. The van der Waals surface area contributed by atoms with Gasteiger partial charge in [-0.15, -0.1) is 0 Å². The second-order valence-corrected chi connectivity index (χ2v) is 2.26. The largest absolute Gasteiger partial charge is 0.396 e. The van der Waals surface area contributed by atoms with Crippen molar-refractivity contribution in [2.45, 2.75) is 5.92 Å². The van der Waals surface area contributed by atoms with Crippen LogP contribution in [0.2, 0.25) is 0 Å². The molecule has 3 N–H and O–H groups in total. The van der Waals surface area contributed by atoms with Crippen LogP contribution in [0.1, 0.15) is 11.6 Å². The van der Waals surface area contributed by atoms with Gasteiger partial charge in [0.05, 0.1) is 12.3 Å². The highest BCUT2D eigenvalue weighted by Crippen LogP contribution is 2.07. The molecule has 0 saturated heterocycles. The SMILES string of the molecule is NCC(CO)c1cccnn1. The summed E-state index contributed by atoms with van der Waals surface area (Å²) in [6.45, 7) is 0.421. The Balaban J connectivity index is 2.74. The average Bonchev–Trinajstić information content (AvgIpc) is 2.09. The normalized spacial score (nSPS) is 12.9. The Labute approximate surface area is 65.1 Å². The molecule has 0 aliphatic carbocycles. The predicted molar refractivity (Wildman–Crippen MR) is 40.9 cm³/mol. The first-order valence-corrected chi connectivity index (χ1v) is 3.47. The lowest BCUT2D eigenvalue weighted by molar-refractivity contribution is 0.265. The van der Waals surface area contributed by atoms with Crippen molar-refractivity contribution < 1.29 is 5.11 Å². The fraction of sp³-hybridized carbons (Fsp3) is 0.429. The van der Waals surface area contributed by atoms with Crippen LogP contribution in [0, 0.1) is 0 Å². The molecule has 0 fully saturated rings. The first kappa shape index (κ1) is 8.10. The van der Waals surface area contributed by atoms with E-state index in [0.29, 0.717) is 6.54 Å². The monoisotopic (exact) mass is 153 g/mol. The van der Waals surface area contributed by atoms with Gasteiger partial charge in [-0.05, 0) is 12.1 Å². The molecule has 1 heterocycles. The lowest BCUT2D eigenvalue weighted by Gasteiger charge is -2.08. The molecule has 11 heavy (non-hydrogen) atoms. The molecule has 1 atom stereocenters. The van der Waals surface area contributed by atoms with Crippen LogP contribution in [0.15, 0.2) is 18.3 Å². The number of nitrogens with zero attached hydrogens (tertiary/aromatic N) is 2. The van der Waals surface area contributed by atoms with Crippen molar-refractivity contribution in [1.29, 1.82) is 0 Å². The number of rotatable bonds is 3. The summed E-state index contributed by atoms with van der Waals surface area (Å²) in [4.78, 5) is 0. The van der Waals surface area contributed by atoms with Gasteiger partial charge in [0.2, 0.25) is 0 Å². The Morgan fingerprint density at radius 2 is 2.45 bits per heavy atom. The topological polar surface area (TPSA) is 72.0 Å². The highest BCUT2D eigenvalue weighted by atomic mass is 16.3. The number of aliphatic hydroxyl groups is 1. The fourth-order valence-corrected chi connectivity index (χ4v) is 0.820. The number of aromatic nitrogens is 2. The second kappa shape index (κ2) is 4.00. The Morgan fingerprint density at radius 1 is 1.64 bits per heavy atom. The molecule has 0 spiro atoms. The summed E-state index contributed by atoms with van der Waals surface area (Å²) in [5.74, 6) is -0.0799. The van der Waals surface area contributed by atoms with Crippen molar-refractivity contribution in [2.75, 3.05) is 13.2 Å². The molecule has 4 heteroatoms. The van der Waals surface area contributed by atoms with Crippen LogP contribution in [0.25, 0.3) is 0 Å². The summed E-state index contributed by atoms with van der Waals surface area (Å²) in [6, 6.07) is 3.58. The van der Waals surface area contributed by atoms with Crippen molar-refractivity contribution in [3.8, 4) is 0 Å². The molecule has 1 rings (SSSR count). The van der Waals surface area contributed by atoms with Crippen molar-refractivity contribution in [2.24, 2.45) is 5.73 Å². The zero-order chi connectivity index (χ0) is 8.10. The van der Waals surface area contributed by atoms with Gasteiger partial charge in [-0.1, -0.05) is 0 Å². The van der Waals surface area contributed by atoms with Crippen molar-refractivity contribution in [1.82, 2.24) is 10.2 Å². The van der Waals surface area contributed by atoms with Gasteiger partial charge in [-0.2, -0.15) is 10.2 Å². The van der Waals surface area contributed by atoms with Gasteiger partial charge in [0.1, 0.15) is 0 Å². The summed E-state index contributed by atoms with van der Waals surface area (Å²) < 4.78 is 0. The maximum absolute atomic E-state index is 8.83. The summed E-state index contributed by atoms with van der Waals surface area (Å²) in [5, 5.41) is 16.3. The molecular formula is C7H11N3O. The molecular weight excluding hydrogens is 142 g/mol. The first-order chi connectivity index (χ1) is 5.38. The Hall–Kier alpha value is -1.00. The highest BCUT2D eigenvalue weighted by molar-refractivity contribution is 5.06. The third kappa shape index (κ3) is 1.96. The molecule has 0 amide bonds. The lowest BCUT2D eigenvalue weighted by atomic mass is 10.1. The van der Waals surface area contributed by atoms with Gasteiger partial charge in [-0.3, -0.25) is 0 Å². The molecule has 0 bridgehead atoms. The molecule has 0 saturated carbocycles. The summed E-state index contributed by atoms with van der Waals surface area (Å²) >= 11 is 0. The van der Waals surface area contributed by atoms with E-state index in [4.69, 9.17) is 10.8 Å². The van der Waals surface area contributed by atoms with Crippen LogP contribution in [-0.4, -0.2) is 28.5 Å². The zero-order valence-corrected chi connectivity index (χ0v) is 6.14. The van der Waals surface area contributed by atoms with Crippen LogP contribution in [0.5, 0.6) is 0 Å². The standard InChI is InChI=1S/C7H11N3O/c8-4-6(5-11)7-2-1-3-9-10-7/h1-3,6,11H,4-5,8H2. The molecule has 0 aliphatic heterocycles. The third-order valence-corrected chi connectivity index (χ3v) is 1.52. The predicted octanol–water partition coefficient (Wildman–Crippen LogP) is -0.489. The van der Waals surface area contributed by atoms with E-state index in [1.54, 1.807) is 18.3 Å². The van der Waals surface area contributed by atoms with E-state index >= 15 is 0 Å². The van der Waals surface area contributed by atoms with Crippen LogP contribution < -0.4 is 5.73 Å². The minimum absolute atomic E-state index is 0.0230. The Kier molecular flexibility index (Phi) is 2.95. The Morgan fingerprint density at radius 3 is 2.91 bits per heavy atom. The molecule has 4 nitrogen and oxygen atoms in total. The summed E-state index contributed by atoms with van der Waals surface area (Å²) in [7, 11) is 0. The minimum Gasteiger partial charge on any atom is -0.396 e. The lowest BCUT2D eigenvalue weighted by Crippen LogP contribution is -2.17. The quantitative estimate of drug-likeness (QED) is 0.614. The molecule has 1 aromatic heterocycles. The van der Waals surface area contributed by atoms with Crippen molar-refractivity contribution in [3.63, 3.8) is 0 Å². The number of hydrogen-bond donors (Lipinski definition) is 2. The highest BCUT2D eigenvalue weighted by Gasteiger charge is 2.08. The average molecular weight is 153 g/mol. The summed E-state index contributed by atoms with van der Waals surface area (Å²) in [5.41, 5.74) is 6.14. The maximum atomic E-state index is 8.83. The Bertz CT molecular complexity index is 198. The van der Waals surface area contributed by atoms with E-state index in [1.807, 2.05) is 0 Å². The van der Waals surface area contributed by atoms with Gasteiger partial charge >= 0.3 is 0 Å². The molecule has 1 unspecified atom stereocenters. The van der Waals surface area contributed by atoms with Crippen molar-refractivity contribution in [3.05, 3.63) is 24.0 Å². The first-order valence-electron chi connectivity index (χ1n) is 3.47. The van der Waals surface area contributed by atoms with Gasteiger partial charge in [0.25, 0.3) is 0 Å². The van der Waals surface area contributed by atoms with E-state index in [2.05, 4.69) is 10.2 Å². The van der Waals surface area contributed by atoms with Crippen LogP contribution in [-0.2, 0) is 0 Å². The fourth-order valence-electron chi connectivity index (χ4n) is 0.820. The van der Waals surface area contributed by atoms with Crippen LogP contribution in [0.4, 0.5) is 0 Å². The molecule has 60 valence electrons. The number of hydrogen-bond acceptors (Lipinski definition) is 4. The minimum atomic E-state index is -0.0799. The van der Waals surface area contributed by atoms with Crippen LogP contribution in [0.3, 0.4) is 0 Å². The molecule has 0 radical (unpaired) electrons. The van der Waals surface area contributed by atoms with Crippen molar-refractivity contribution >= 4 is 0 Å². The second-order valence-electron chi connectivity index (χ2n) is 2.26. The van der Waals surface area contributed by atoms with E-state index in [1.165, 1.54) is 0 Å². The molecule has 1 aromatic rings. The molecule has 0 aliphatic rings. The van der Waals surface area contributed by atoms with Gasteiger partial charge < -0.3 is 10.8 Å². The van der Waals surface area contributed by atoms with E-state index in [9.17, 15) is 0 Å². The van der Waals surface area contributed by atoms with Gasteiger partial charge in [0, 0.05) is 18.7 Å². The smallest absolute Gasteiger partial charge is 0.0697 e. The number of nitrogens with two attached hydrogens (primary N) is 1. The summed E-state index contributed by atoms with van der Waals surface area (Å²) in [6.07, 6.45) is 1.59. The van der Waals surface area contributed by atoms with E-state index in [0.717, 1.165) is 5.69 Å². The van der Waals surface area contributed by atoms with Gasteiger partial charge in [0.15, 0.2) is 0 Å². The maximum Gasteiger partial charge on any atom is 0.0697 e. The number of aliphatic hydroxyl groups excluding tert-OH is 1. The van der Waals surface area contributed by atoms with E-state index in [-0.39, 0.29) is 12.5 Å². The molecule has 0 aromatic carbocycles. The van der Waals surface area contributed by atoms with E-state index < -0.39 is 0 Å².